The Morgan fingerprint density at radius 2 is 2.60 bits per heavy atom. The number of hydrogen-bond acceptors (Lipinski definition) is 4. The summed E-state index contributed by atoms with van der Waals surface area (Å²) in [7, 11) is 2.07. The van der Waals surface area contributed by atoms with Crippen molar-refractivity contribution in [2.75, 3.05) is 26.7 Å². The molecule has 0 saturated carbocycles. The van der Waals surface area contributed by atoms with Crippen molar-refractivity contribution in [2.45, 2.75) is 12.6 Å². The van der Waals surface area contributed by atoms with Crippen molar-refractivity contribution in [1.29, 1.82) is 0 Å². The highest BCUT2D eigenvalue weighted by atomic mass is 16.5. The Morgan fingerprint density at radius 1 is 1.73 bits per heavy atom. The fraction of sp³-hybridized carbons (Fsp3) is 0.600. The normalized spacial score (nSPS) is 22.9. The number of morpholine rings is 1. The van der Waals surface area contributed by atoms with Gasteiger partial charge < -0.3 is 14.2 Å². The summed E-state index contributed by atoms with van der Waals surface area (Å²) in [5.74, 6) is 0.465. The Morgan fingerprint density at radius 3 is 3.33 bits per heavy atom. The van der Waals surface area contributed by atoms with E-state index in [1.54, 1.807) is 6.20 Å². The molecular weight excluding hydrogens is 194 g/mol. The molecule has 1 aliphatic heterocycles. The zero-order valence-electron chi connectivity index (χ0n) is 8.80. The molecular formula is C10H15N3O2. The van der Waals surface area contributed by atoms with Gasteiger partial charge in [0.25, 0.3) is 0 Å². The molecule has 0 spiro atoms. The van der Waals surface area contributed by atoms with Crippen molar-refractivity contribution in [3.8, 4) is 0 Å². The minimum Gasteiger partial charge on any atom is -0.374 e. The molecule has 2 heterocycles. The van der Waals surface area contributed by atoms with Gasteiger partial charge in [-0.3, -0.25) is 4.79 Å². The zero-order chi connectivity index (χ0) is 10.7. The van der Waals surface area contributed by atoms with Gasteiger partial charge in [-0.1, -0.05) is 0 Å². The lowest BCUT2D eigenvalue weighted by atomic mass is 10.3. The van der Waals surface area contributed by atoms with E-state index in [9.17, 15) is 4.79 Å². The van der Waals surface area contributed by atoms with Gasteiger partial charge in [0, 0.05) is 25.5 Å². The number of rotatable bonds is 3. The molecule has 1 aromatic rings. The lowest BCUT2D eigenvalue weighted by molar-refractivity contribution is -0.0276. The van der Waals surface area contributed by atoms with Gasteiger partial charge in [-0.2, -0.15) is 0 Å². The van der Waals surface area contributed by atoms with Crippen LogP contribution in [0, 0.1) is 0 Å². The van der Waals surface area contributed by atoms with Crippen LogP contribution in [0.3, 0.4) is 0 Å². The van der Waals surface area contributed by atoms with Gasteiger partial charge in [-0.15, -0.1) is 0 Å². The molecule has 0 bridgehead atoms. The third-order valence-corrected chi connectivity index (χ3v) is 2.60. The van der Waals surface area contributed by atoms with E-state index in [2.05, 4.69) is 16.9 Å². The van der Waals surface area contributed by atoms with Gasteiger partial charge in [0.1, 0.15) is 0 Å². The maximum atomic E-state index is 10.7. The lowest BCUT2D eigenvalue weighted by Gasteiger charge is -2.30. The number of ether oxygens (including phenoxy) is 1. The van der Waals surface area contributed by atoms with Crippen molar-refractivity contribution in [3.63, 3.8) is 0 Å². The number of imidazole rings is 1. The minimum atomic E-state index is 0.150. The highest BCUT2D eigenvalue weighted by Crippen LogP contribution is 2.06. The predicted molar refractivity (Wildman–Crippen MR) is 54.9 cm³/mol. The molecule has 5 nitrogen and oxygen atoms in total. The third kappa shape index (κ3) is 2.43. The van der Waals surface area contributed by atoms with Crippen molar-refractivity contribution in [2.24, 2.45) is 0 Å². The second kappa shape index (κ2) is 4.55. The van der Waals surface area contributed by atoms with E-state index in [0.29, 0.717) is 12.4 Å². The number of aromatic nitrogens is 2. The maximum Gasteiger partial charge on any atom is 0.185 e. The Balaban J connectivity index is 1.98. The number of hydrogen-bond donors (Lipinski definition) is 0. The van der Waals surface area contributed by atoms with Crippen molar-refractivity contribution in [1.82, 2.24) is 14.5 Å². The summed E-state index contributed by atoms with van der Waals surface area (Å²) in [5, 5.41) is 0. The van der Waals surface area contributed by atoms with Gasteiger partial charge in [0.05, 0.1) is 19.3 Å². The van der Waals surface area contributed by atoms with Gasteiger partial charge in [0.15, 0.2) is 12.1 Å². The fourth-order valence-electron chi connectivity index (χ4n) is 1.79. The van der Waals surface area contributed by atoms with Gasteiger partial charge >= 0.3 is 0 Å². The summed E-state index contributed by atoms with van der Waals surface area (Å²) in [6.45, 7) is 3.32. The van der Waals surface area contributed by atoms with Crippen LogP contribution in [0.4, 0.5) is 0 Å². The summed E-state index contributed by atoms with van der Waals surface area (Å²) in [6.07, 6.45) is 4.36. The molecule has 15 heavy (non-hydrogen) atoms. The molecule has 5 heteroatoms. The van der Waals surface area contributed by atoms with E-state index in [1.807, 2.05) is 10.8 Å². The van der Waals surface area contributed by atoms with E-state index in [1.165, 1.54) is 0 Å². The Kier molecular flexibility index (Phi) is 3.13. The second-order valence-corrected chi connectivity index (χ2v) is 3.81. The van der Waals surface area contributed by atoms with E-state index >= 15 is 0 Å². The number of carbonyl (C=O) groups excluding carboxylic acids is 1. The number of carbonyl (C=O) groups is 1. The largest absolute Gasteiger partial charge is 0.374 e. The van der Waals surface area contributed by atoms with E-state index in [-0.39, 0.29) is 6.10 Å². The number of nitrogens with zero attached hydrogens (tertiary/aromatic N) is 3. The SMILES string of the molecule is CN1CCOC(Cn2ccnc2C=O)C1. The predicted octanol–water partition coefficient (Wildman–Crippen LogP) is 0.0262. The molecule has 1 aromatic heterocycles. The average Bonchev–Trinajstić information content (AvgIpc) is 2.65. The quantitative estimate of drug-likeness (QED) is 0.659. The van der Waals surface area contributed by atoms with Crippen LogP contribution in [0.15, 0.2) is 12.4 Å². The molecule has 0 N–H and O–H groups in total. The number of aldehydes is 1. The molecule has 0 amide bonds. The second-order valence-electron chi connectivity index (χ2n) is 3.81. The first-order chi connectivity index (χ1) is 7.29. The van der Waals surface area contributed by atoms with Crippen LogP contribution in [0.5, 0.6) is 0 Å². The van der Waals surface area contributed by atoms with Crippen LogP contribution in [0.25, 0.3) is 0 Å². The highest BCUT2D eigenvalue weighted by molar-refractivity contribution is 5.69. The molecule has 82 valence electrons. The summed E-state index contributed by atoms with van der Waals surface area (Å²) in [6, 6.07) is 0. The van der Waals surface area contributed by atoms with Crippen molar-refractivity contribution in [3.05, 3.63) is 18.2 Å². The van der Waals surface area contributed by atoms with Crippen LogP contribution >= 0.6 is 0 Å². The monoisotopic (exact) mass is 209 g/mol. The number of likely N-dealkylation sites (N-methyl/N-ethyl adjacent to an activating group) is 1. The van der Waals surface area contributed by atoms with Crippen molar-refractivity contribution < 1.29 is 9.53 Å². The van der Waals surface area contributed by atoms with Crippen LogP contribution < -0.4 is 0 Å². The van der Waals surface area contributed by atoms with Crippen LogP contribution in [-0.4, -0.2) is 53.6 Å². The smallest absolute Gasteiger partial charge is 0.185 e. The zero-order valence-corrected chi connectivity index (χ0v) is 8.80. The fourth-order valence-corrected chi connectivity index (χ4v) is 1.79. The molecule has 0 aromatic carbocycles. The Bertz CT molecular complexity index is 337. The lowest BCUT2D eigenvalue weighted by Crippen LogP contribution is -2.42. The molecule has 0 radical (unpaired) electrons. The summed E-state index contributed by atoms with van der Waals surface area (Å²) in [4.78, 5) is 16.8. The molecule has 1 atom stereocenters. The van der Waals surface area contributed by atoms with E-state index in [0.717, 1.165) is 26.0 Å². The Hall–Kier alpha value is -1.20. The molecule has 0 aliphatic carbocycles. The third-order valence-electron chi connectivity index (χ3n) is 2.60. The summed E-state index contributed by atoms with van der Waals surface area (Å²) < 4.78 is 7.45. The van der Waals surface area contributed by atoms with Gasteiger partial charge in [-0.05, 0) is 7.05 Å². The van der Waals surface area contributed by atoms with Gasteiger partial charge in [-0.25, -0.2) is 4.98 Å². The average molecular weight is 209 g/mol. The van der Waals surface area contributed by atoms with Crippen LogP contribution in [0.1, 0.15) is 10.6 Å². The van der Waals surface area contributed by atoms with Crippen LogP contribution in [0.2, 0.25) is 0 Å². The summed E-state index contributed by atoms with van der Waals surface area (Å²) >= 11 is 0. The topological polar surface area (TPSA) is 47.4 Å². The molecule has 1 saturated heterocycles. The highest BCUT2D eigenvalue weighted by Gasteiger charge is 2.18. The maximum absolute atomic E-state index is 10.7. The first kappa shape index (κ1) is 10.3. The van der Waals surface area contributed by atoms with E-state index < -0.39 is 0 Å². The van der Waals surface area contributed by atoms with E-state index in [4.69, 9.17) is 4.74 Å². The molecule has 1 unspecified atom stereocenters. The first-order valence-electron chi connectivity index (χ1n) is 5.06. The van der Waals surface area contributed by atoms with Gasteiger partial charge in [0.2, 0.25) is 0 Å². The standard InChI is InChI=1S/C10H15N3O2/c1-12-4-5-15-9(6-12)7-13-3-2-11-10(13)8-14/h2-3,8-9H,4-7H2,1H3. The molecule has 1 fully saturated rings. The first-order valence-corrected chi connectivity index (χ1v) is 5.06. The molecule has 1 aliphatic rings. The van der Waals surface area contributed by atoms with Crippen LogP contribution in [-0.2, 0) is 11.3 Å². The minimum absolute atomic E-state index is 0.150. The Labute approximate surface area is 88.7 Å². The summed E-state index contributed by atoms with van der Waals surface area (Å²) in [5.41, 5.74) is 0. The molecule has 2 rings (SSSR count). The van der Waals surface area contributed by atoms with Crippen molar-refractivity contribution >= 4 is 6.29 Å².